The Bertz CT molecular complexity index is 2120. The fourth-order valence-electron chi connectivity index (χ4n) is 10.1. The average Bonchev–Trinajstić information content (AvgIpc) is 3.67. The summed E-state index contributed by atoms with van der Waals surface area (Å²) in [5.41, 5.74) is 7.26. The number of benzene rings is 6. The number of piperazine rings is 1. The molecule has 6 aromatic carbocycles. The van der Waals surface area contributed by atoms with E-state index in [1.165, 1.54) is 33.4 Å². The van der Waals surface area contributed by atoms with Crippen LogP contribution in [0.3, 0.4) is 0 Å². The van der Waals surface area contributed by atoms with E-state index in [0.717, 1.165) is 69.4 Å². The van der Waals surface area contributed by atoms with Crippen LogP contribution in [0.15, 0.2) is 146 Å². The minimum Gasteiger partial charge on any atom is -0.262 e. The zero-order chi connectivity index (χ0) is 41.1. The van der Waals surface area contributed by atoms with Crippen molar-refractivity contribution < 1.29 is 0 Å². The number of rotatable bonds is 12. The molecule has 6 nitrogen and oxygen atoms in total. The molecule has 12 heteroatoms. The highest BCUT2D eigenvalue weighted by molar-refractivity contribution is 6.32. The topological polar surface area (TPSA) is 19.4 Å². The molecule has 306 valence electrons. The zero-order valence-corrected chi connectivity index (χ0v) is 37.0. The number of halogens is 6. The van der Waals surface area contributed by atoms with Gasteiger partial charge in [-0.1, -0.05) is 142 Å². The van der Waals surface area contributed by atoms with Crippen molar-refractivity contribution in [3.8, 4) is 0 Å². The van der Waals surface area contributed by atoms with E-state index in [4.69, 9.17) is 69.6 Å². The van der Waals surface area contributed by atoms with Crippen LogP contribution >= 0.6 is 69.6 Å². The van der Waals surface area contributed by atoms with E-state index in [0.29, 0.717) is 0 Å². The molecule has 0 radical (unpaired) electrons. The van der Waals surface area contributed by atoms with E-state index in [1.54, 1.807) is 0 Å². The van der Waals surface area contributed by atoms with Gasteiger partial charge in [0.15, 0.2) is 0 Å². The van der Waals surface area contributed by atoms with Gasteiger partial charge in [-0.3, -0.25) is 29.4 Å². The third kappa shape index (κ3) is 8.01. The second-order valence-corrected chi connectivity index (χ2v) is 18.9. The largest absolute Gasteiger partial charge is 0.262 e. The van der Waals surface area contributed by atoms with Gasteiger partial charge in [0.2, 0.25) is 0 Å². The molecule has 0 spiro atoms. The molecule has 6 aromatic rings. The van der Waals surface area contributed by atoms with E-state index in [1.807, 2.05) is 72.8 Å². The molecule has 5 aliphatic heterocycles. The first-order valence-corrected chi connectivity index (χ1v) is 22.4. The molecule has 0 unspecified atom stereocenters. The van der Waals surface area contributed by atoms with Gasteiger partial charge in [-0.05, 0) is 106 Å². The lowest BCUT2D eigenvalue weighted by Gasteiger charge is -2.56. The molecule has 0 amide bonds. The highest BCUT2D eigenvalue weighted by Crippen LogP contribution is 2.54. The Morgan fingerprint density at radius 2 is 0.333 bits per heavy atom. The predicted molar refractivity (Wildman–Crippen MR) is 245 cm³/mol. The molecule has 0 saturated carbocycles. The van der Waals surface area contributed by atoms with Gasteiger partial charge in [0.1, 0.15) is 0 Å². The molecule has 11 rings (SSSR count). The predicted octanol–water partition coefficient (Wildman–Crippen LogP) is 11.9. The van der Waals surface area contributed by atoms with Crippen LogP contribution in [0.5, 0.6) is 0 Å². The highest BCUT2D eigenvalue weighted by atomic mass is 35.5. The Morgan fingerprint density at radius 3 is 0.450 bits per heavy atom. The van der Waals surface area contributed by atoms with Crippen molar-refractivity contribution in [2.45, 2.75) is 76.3 Å². The first kappa shape index (κ1) is 40.9. The quantitative estimate of drug-likeness (QED) is 0.121. The van der Waals surface area contributed by atoms with Crippen LogP contribution < -0.4 is 0 Å². The van der Waals surface area contributed by atoms with Gasteiger partial charge >= 0.3 is 0 Å². The van der Waals surface area contributed by atoms with Crippen LogP contribution in [0.4, 0.5) is 0 Å². The number of nitrogens with zero attached hydrogens (tertiary/aromatic N) is 6. The second kappa shape index (κ2) is 17.2. The lowest BCUT2D eigenvalue weighted by Crippen LogP contribution is -2.73. The van der Waals surface area contributed by atoms with Crippen molar-refractivity contribution in [1.29, 1.82) is 0 Å². The Labute approximate surface area is 381 Å². The lowest BCUT2D eigenvalue weighted by molar-refractivity contribution is -0.166. The molecule has 5 aliphatic rings. The Hall–Kier alpha value is -3.18. The summed E-state index contributed by atoms with van der Waals surface area (Å²) in [6.45, 7) is 4.36. The van der Waals surface area contributed by atoms with Crippen LogP contribution in [0.2, 0.25) is 30.1 Å². The van der Waals surface area contributed by atoms with Crippen molar-refractivity contribution in [2.24, 2.45) is 0 Å². The maximum absolute atomic E-state index is 6.51. The third-order valence-electron chi connectivity index (χ3n) is 12.5. The van der Waals surface area contributed by atoms with Crippen molar-refractivity contribution in [3.63, 3.8) is 0 Å². The van der Waals surface area contributed by atoms with Gasteiger partial charge < -0.3 is 0 Å². The summed E-state index contributed by atoms with van der Waals surface area (Å²) >= 11 is 39.0. The highest BCUT2D eigenvalue weighted by Gasteiger charge is 2.71. The lowest BCUT2D eigenvalue weighted by atomic mass is 10.0. The normalized spacial score (nSPS) is 24.5. The third-order valence-corrected chi connectivity index (χ3v) is 14.1. The van der Waals surface area contributed by atoms with Crippen molar-refractivity contribution in [1.82, 2.24) is 29.4 Å². The SMILES string of the molecule is Clc1ccc(CN2C3C4N(Cc5ccc(Cl)cc5)C2C2N(Cc5ccc(Cl)cc5)C(C(N2Cc2ccc(Cl)cc2)N4Cc2ccc(Cl)cc2)N3Cc2ccc(Cl)cc2)cc1. The number of hydrogen-bond donors (Lipinski definition) is 0. The van der Waals surface area contributed by atoms with Gasteiger partial charge in [0.05, 0.1) is 37.0 Å². The standard InChI is InChI=1S/C48H42Cl6N6/c49-37-13-1-31(2-14-37)25-55-43-45-56(26-32-3-15-38(50)16-4-32)46-44(55)58(28-34-7-19-40(52)20-8-34)48(60(46)30-36-11-23-42(54)24-12-36)47(57(43)27-33-5-17-39(51)18-6-33)59(45)29-35-9-21-41(53)22-10-35/h1-24,43-48H,25-30H2. The first-order valence-electron chi connectivity index (χ1n) is 20.2. The molecule has 60 heavy (non-hydrogen) atoms. The molecule has 5 saturated heterocycles. The summed E-state index contributed by atoms with van der Waals surface area (Å²) in [5.74, 6) is 0. The number of hydrogen-bond acceptors (Lipinski definition) is 6. The minimum absolute atomic E-state index is 0.00222. The van der Waals surface area contributed by atoms with Gasteiger partial charge in [0.25, 0.3) is 0 Å². The molecule has 0 aromatic heterocycles. The van der Waals surface area contributed by atoms with Crippen molar-refractivity contribution in [3.05, 3.63) is 209 Å². The molecule has 5 heterocycles. The molecular formula is C48H42Cl6N6. The minimum atomic E-state index is -0.0381. The van der Waals surface area contributed by atoms with E-state index in [-0.39, 0.29) is 37.0 Å². The van der Waals surface area contributed by atoms with E-state index < -0.39 is 0 Å². The smallest absolute Gasteiger partial charge is 0.0955 e. The second-order valence-electron chi connectivity index (χ2n) is 16.3. The van der Waals surface area contributed by atoms with Crippen LogP contribution in [0.1, 0.15) is 33.4 Å². The molecule has 5 fully saturated rings. The molecule has 0 N–H and O–H groups in total. The van der Waals surface area contributed by atoms with Gasteiger partial charge in [-0.2, -0.15) is 0 Å². The summed E-state index contributed by atoms with van der Waals surface area (Å²) in [7, 11) is 0. The van der Waals surface area contributed by atoms with Crippen molar-refractivity contribution in [2.75, 3.05) is 0 Å². The van der Waals surface area contributed by atoms with Crippen molar-refractivity contribution >= 4 is 69.6 Å². The maximum atomic E-state index is 6.51. The van der Waals surface area contributed by atoms with E-state index in [2.05, 4.69) is 102 Å². The van der Waals surface area contributed by atoms with Crippen LogP contribution in [0, 0.1) is 0 Å². The maximum Gasteiger partial charge on any atom is 0.0955 e. The first-order chi connectivity index (χ1) is 29.2. The van der Waals surface area contributed by atoms with E-state index >= 15 is 0 Å². The molecule has 6 bridgehead atoms. The summed E-state index contributed by atoms with van der Waals surface area (Å²) < 4.78 is 0. The summed E-state index contributed by atoms with van der Waals surface area (Å²) in [4.78, 5) is 16.6. The Morgan fingerprint density at radius 1 is 0.217 bits per heavy atom. The van der Waals surface area contributed by atoms with Crippen LogP contribution in [-0.2, 0) is 39.3 Å². The van der Waals surface area contributed by atoms with Crippen LogP contribution in [0.25, 0.3) is 0 Å². The average molecular weight is 916 g/mol. The Kier molecular flexibility index (Phi) is 11.7. The monoisotopic (exact) mass is 912 g/mol. The zero-order valence-electron chi connectivity index (χ0n) is 32.5. The molecule has 0 atom stereocenters. The van der Waals surface area contributed by atoms with Gasteiger partial charge in [-0.25, -0.2) is 0 Å². The summed E-state index contributed by atoms with van der Waals surface area (Å²) in [6.07, 6.45) is -0.0850. The summed E-state index contributed by atoms with van der Waals surface area (Å²) in [6, 6.07) is 50.1. The van der Waals surface area contributed by atoms with Crippen LogP contribution in [-0.4, -0.2) is 66.4 Å². The van der Waals surface area contributed by atoms with Gasteiger partial charge in [-0.15, -0.1) is 0 Å². The van der Waals surface area contributed by atoms with Gasteiger partial charge in [0, 0.05) is 69.4 Å². The summed E-state index contributed by atoms with van der Waals surface area (Å²) in [5, 5.41) is 4.36. The fraction of sp³-hybridized carbons (Fsp3) is 0.250. The fourth-order valence-corrected chi connectivity index (χ4v) is 10.8. The molecule has 0 aliphatic carbocycles. The Balaban J connectivity index is 1.21. The van der Waals surface area contributed by atoms with E-state index in [9.17, 15) is 0 Å². The molecular weight excluding hydrogens is 873 g/mol.